The van der Waals surface area contributed by atoms with Gasteiger partial charge in [-0.3, -0.25) is 9.69 Å². The third-order valence-electron chi connectivity index (χ3n) is 8.16. The number of fused-ring (bicyclic) bond motifs is 1. The summed E-state index contributed by atoms with van der Waals surface area (Å²) in [4.78, 5) is 32.1. The molecule has 35 heavy (non-hydrogen) atoms. The first kappa shape index (κ1) is 25.7. The summed E-state index contributed by atoms with van der Waals surface area (Å²) in [5.74, 6) is 0.965. The Morgan fingerprint density at radius 1 is 1.11 bits per heavy atom. The molecule has 1 aliphatic heterocycles. The molecule has 1 saturated heterocycles. The van der Waals surface area contributed by atoms with Gasteiger partial charge in [0.15, 0.2) is 0 Å². The van der Waals surface area contributed by atoms with Crippen LogP contribution in [0.1, 0.15) is 57.8 Å². The third kappa shape index (κ3) is 5.88. The summed E-state index contributed by atoms with van der Waals surface area (Å²) in [7, 11) is 0. The van der Waals surface area contributed by atoms with E-state index < -0.39 is 0 Å². The quantitative estimate of drug-likeness (QED) is 0.610. The molecule has 2 fully saturated rings. The summed E-state index contributed by atoms with van der Waals surface area (Å²) in [6.45, 7) is 15.7. The highest BCUT2D eigenvalue weighted by atomic mass is 19.1. The minimum absolute atomic E-state index is 0.0113. The van der Waals surface area contributed by atoms with Crippen LogP contribution in [0, 0.1) is 23.1 Å². The van der Waals surface area contributed by atoms with Gasteiger partial charge < -0.3 is 15.1 Å². The minimum atomic E-state index is -0.337. The second-order valence-electron chi connectivity index (χ2n) is 12.1. The van der Waals surface area contributed by atoms with Gasteiger partial charge in [0.2, 0.25) is 0 Å². The van der Waals surface area contributed by atoms with Crippen molar-refractivity contribution in [2.75, 3.05) is 45.8 Å². The van der Waals surface area contributed by atoms with Crippen LogP contribution in [0.3, 0.4) is 0 Å². The van der Waals surface area contributed by atoms with Crippen molar-refractivity contribution >= 4 is 11.9 Å². The Morgan fingerprint density at radius 2 is 1.77 bits per heavy atom. The molecule has 5 rings (SSSR count). The molecule has 1 N–H and O–H groups in total. The topological polar surface area (TPSA) is 55.9 Å². The lowest BCUT2D eigenvalue weighted by atomic mass is 9.49. The van der Waals surface area contributed by atoms with E-state index in [0.717, 1.165) is 32.0 Å². The lowest BCUT2D eigenvalue weighted by molar-refractivity contribution is -0.00990. The highest BCUT2D eigenvalue weighted by Crippen LogP contribution is 2.59. The van der Waals surface area contributed by atoms with E-state index >= 15 is 0 Å². The number of rotatable bonds is 6. The first-order valence-corrected chi connectivity index (χ1v) is 13.0. The molecule has 3 amide bonds. The predicted octanol–water partition coefficient (Wildman–Crippen LogP) is 4.39. The third-order valence-corrected chi connectivity index (χ3v) is 8.16. The van der Waals surface area contributed by atoms with E-state index in [1.165, 1.54) is 24.1 Å². The van der Waals surface area contributed by atoms with Crippen molar-refractivity contribution in [2.45, 2.75) is 53.0 Å². The van der Waals surface area contributed by atoms with Gasteiger partial charge in [-0.1, -0.05) is 25.5 Å². The Morgan fingerprint density at radius 3 is 2.34 bits per heavy atom. The Labute approximate surface area is 209 Å². The van der Waals surface area contributed by atoms with Gasteiger partial charge in [-0.2, -0.15) is 0 Å². The zero-order chi connectivity index (χ0) is 25.4. The monoisotopic (exact) mass is 484 g/mol. The Kier molecular flexibility index (Phi) is 7.28. The Hall–Kier alpha value is -2.41. The largest absolute Gasteiger partial charge is 0.336 e. The average Bonchev–Trinajstić information content (AvgIpc) is 2.81. The number of allylic oxidation sites excluding steroid dienone is 1. The van der Waals surface area contributed by atoms with Gasteiger partial charge in [-0.25, -0.2) is 9.18 Å². The van der Waals surface area contributed by atoms with Gasteiger partial charge in [0.05, 0.1) is 0 Å². The van der Waals surface area contributed by atoms with Crippen LogP contribution in [-0.4, -0.2) is 78.0 Å². The van der Waals surface area contributed by atoms with Crippen LogP contribution in [-0.2, 0) is 0 Å². The lowest BCUT2D eigenvalue weighted by Gasteiger charge is -2.57. The van der Waals surface area contributed by atoms with E-state index in [2.05, 4.69) is 30.1 Å². The lowest BCUT2D eigenvalue weighted by Crippen LogP contribution is -2.55. The summed E-state index contributed by atoms with van der Waals surface area (Å²) in [6, 6.07) is 5.73. The smallest absolute Gasteiger partial charge is 0.318 e. The van der Waals surface area contributed by atoms with Crippen molar-refractivity contribution in [3.63, 3.8) is 0 Å². The fourth-order valence-electron chi connectivity index (χ4n) is 5.74. The van der Waals surface area contributed by atoms with Crippen LogP contribution in [0.2, 0.25) is 0 Å². The van der Waals surface area contributed by atoms with Crippen molar-refractivity contribution < 1.29 is 14.0 Å². The minimum Gasteiger partial charge on any atom is -0.336 e. The summed E-state index contributed by atoms with van der Waals surface area (Å²) in [5, 5.41) is 3.15. The Bertz CT molecular complexity index is 958. The number of carbonyl (C=O) groups excluding carboxylic acids is 2. The second kappa shape index (κ2) is 9.92. The highest BCUT2D eigenvalue weighted by Gasteiger charge is 2.51. The van der Waals surface area contributed by atoms with Gasteiger partial charge >= 0.3 is 6.03 Å². The van der Waals surface area contributed by atoms with Gasteiger partial charge in [-0.15, -0.1) is 0 Å². The molecular weight excluding hydrogens is 443 g/mol. The van der Waals surface area contributed by atoms with E-state index in [0.29, 0.717) is 43.1 Å². The fraction of sp³-hybridized carbons (Fsp3) is 0.643. The normalized spacial score (nSPS) is 23.8. The van der Waals surface area contributed by atoms with Gasteiger partial charge in [0.25, 0.3) is 5.91 Å². The zero-order valence-electron chi connectivity index (χ0n) is 21.9. The molecule has 2 atom stereocenters. The van der Waals surface area contributed by atoms with Crippen molar-refractivity contribution in [2.24, 2.45) is 17.3 Å². The molecule has 2 bridgehead atoms. The first-order valence-electron chi connectivity index (χ1n) is 13.0. The van der Waals surface area contributed by atoms with Crippen molar-refractivity contribution in [3.05, 3.63) is 47.3 Å². The van der Waals surface area contributed by atoms with Crippen molar-refractivity contribution in [1.82, 2.24) is 20.0 Å². The molecule has 192 valence electrons. The molecule has 0 radical (unpaired) electrons. The summed E-state index contributed by atoms with van der Waals surface area (Å²) >= 11 is 0. The number of benzene rings is 1. The van der Waals surface area contributed by atoms with Crippen molar-refractivity contribution in [3.8, 4) is 0 Å². The average molecular weight is 485 g/mol. The number of hydrogen-bond donors (Lipinski definition) is 1. The number of piperazine rings is 1. The molecule has 1 heterocycles. The van der Waals surface area contributed by atoms with Crippen molar-refractivity contribution in [1.29, 1.82) is 0 Å². The summed E-state index contributed by atoms with van der Waals surface area (Å²) in [5.41, 5.74) is 1.98. The van der Waals surface area contributed by atoms with Crippen LogP contribution in [0.5, 0.6) is 0 Å². The number of carbonyl (C=O) groups is 2. The standard InChI is InChI=1S/C28H41FN4O2/c1-27(2,3)30-26(35)33(19-21-6-9-22-18-24(21)28(22,4)5)17-14-31-12-15-32(16-13-31)25(34)20-7-10-23(29)11-8-20/h6-8,10-11,22,24H,9,12-19H2,1-5H3,(H,30,35). The predicted molar refractivity (Wildman–Crippen MR) is 137 cm³/mol. The SMILES string of the molecule is CC(C)(C)NC(=O)N(CCN1CCN(C(=O)c2ccc(F)cc2)CC1)CC1=CCC2CC1C2(C)C. The number of halogens is 1. The molecule has 6 nitrogen and oxygen atoms in total. The number of nitrogens with zero attached hydrogens (tertiary/aromatic N) is 3. The van der Waals surface area contributed by atoms with Gasteiger partial charge in [-0.05, 0) is 75.1 Å². The zero-order valence-corrected chi connectivity index (χ0v) is 21.9. The number of hydrogen-bond acceptors (Lipinski definition) is 3. The molecule has 1 aromatic carbocycles. The van der Waals surface area contributed by atoms with Crippen LogP contribution in [0.25, 0.3) is 0 Å². The van der Waals surface area contributed by atoms with E-state index in [9.17, 15) is 14.0 Å². The fourth-order valence-corrected chi connectivity index (χ4v) is 5.74. The van der Waals surface area contributed by atoms with E-state index in [-0.39, 0.29) is 23.3 Å². The summed E-state index contributed by atoms with van der Waals surface area (Å²) in [6.07, 6.45) is 4.75. The molecule has 0 spiro atoms. The molecule has 0 aromatic heterocycles. The molecule has 2 unspecified atom stereocenters. The maximum atomic E-state index is 13.2. The Balaban J connectivity index is 1.33. The van der Waals surface area contributed by atoms with Gasteiger partial charge in [0.1, 0.15) is 5.82 Å². The second-order valence-corrected chi connectivity index (χ2v) is 12.1. The molecule has 1 saturated carbocycles. The molecule has 3 aliphatic carbocycles. The van der Waals surface area contributed by atoms with E-state index in [1.807, 2.05) is 30.6 Å². The van der Waals surface area contributed by atoms with Crippen LogP contribution in [0.15, 0.2) is 35.9 Å². The summed E-state index contributed by atoms with van der Waals surface area (Å²) < 4.78 is 13.2. The van der Waals surface area contributed by atoms with E-state index in [4.69, 9.17) is 0 Å². The van der Waals surface area contributed by atoms with Crippen LogP contribution < -0.4 is 5.32 Å². The number of urea groups is 1. The van der Waals surface area contributed by atoms with Crippen LogP contribution >= 0.6 is 0 Å². The first-order chi connectivity index (χ1) is 16.4. The highest BCUT2D eigenvalue weighted by molar-refractivity contribution is 5.94. The maximum Gasteiger partial charge on any atom is 0.318 e. The molecule has 1 aromatic rings. The van der Waals surface area contributed by atoms with Crippen LogP contribution in [0.4, 0.5) is 9.18 Å². The number of amides is 3. The molecular formula is C28H41FN4O2. The van der Waals surface area contributed by atoms with Gasteiger partial charge in [0, 0.05) is 56.9 Å². The molecule has 7 heteroatoms. The number of nitrogens with one attached hydrogen (secondary N) is 1. The molecule has 4 aliphatic rings. The van der Waals surface area contributed by atoms with E-state index in [1.54, 1.807) is 12.1 Å². The maximum absolute atomic E-state index is 13.2.